The lowest BCUT2D eigenvalue weighted by Crippen LogP contribution is -2.36. The molecule has 2 heterocycles. The van der Waals surface area contributed by atoms with Crippen LogP contribution in [0.15, 0.2) is 84.9 Å². The fraction of sp³-hybridized carbons (Fsp3) is 0.115. The van der Waals surface area contributed by atoms with Crippen LogP contribution >= 0.6 is 0 Å². The number of aromatic amines is 1. The van der Waals surface area contributed by atoms with Gasteiger partial charge >= 0.3 is 0 Å². The summed E-state index contributed by atoms with van der Waals surface area (Å²) in [4.78, 5) is 45.6. The fourth-order valence-corrected chi connectivity index (χ4v) is 5.18. The first kappa shape index (κ1) is 17.8. The molecule has 1 aliphatic carbocycles. The van der Waals surface area contributed by atoms with E-state index in [0.29, 0.717) is 16.9 Å². The summed E-state index contributed by atoms with van der Waals surface area (Å²) in [5.74, 6) is -2.93. The van der Waals surface area contributed by atoms with Crippen molar-refractivity contribution in [2.24, 2.45) is 5.92 Å². The molecule has 1 fully saturated rings. The SMILES string of the molecule is O=C1c2[nH]c3ccccc3c2[C@@H]2C(=O)N(c3ccccc3)C(=O)[C@@H]2[C@@H]1c1ccccc1. The van der Waals surface area contributed by atoms with Crippen LogP contribution in [0.2, 0.25) is 0 Å². The summed E-state index contributed by atoms with van der Waals surface area (Å²) in [5.41, 5.74) is 3.17. The van der Waals surface area contributed by atoms with E-state index in [-0.39, 0.29) is 17.6 Å². The van der Waals surface area contributed by atoms with Gasteiger partial charge in [-0.15, -0.1) is 0 Å². The highest BCUT2D eigenvalue weighted by atomic mass is 16.2. The number of fused-ring (bicyclic) bond motifs is 5. The zero-order valence-corrected chi connectivity index (χ0v) is 16.5. The number of carbonyl (C=O) groups excluding carboxylic acids is 3. The molecule has 0 bridgehead atoms. The lowest BCUT2D eigenvalue weighted by atomic mass is 9.68. The molecule has 3 atom stereocenters. The van der Waals surface area contributed by atoms with Crippen molar-refractivity contribution in [1.82, 2.24) is 4.98 Å². The third-order valence-electron chi connectivity index (χ3n) is 6.47. The largest absolute Gasteiger partial charge is 0.352 e. The van der Waals surface area contributed by atoms with E-state index < -0.39 is 17.8 Å². The van der Waals surface area contributed by atoms with Crippen LogP contribution < -0.4 is 4.90 Å². The molecule has 0 saturated carbocycles. The van der Waals surface area contributed by atoms with Crippen LogP contribution in [-0.4, -0.2) is 22.6 Å². The van der Waals surface area contributed by atoms with Gasteiger partial charge < -0.3 is 4.98 Å². The Bertz CT molecular complexity index is 1360. The van der Waals surface area contributed by atoms with Crippen molar-refractivity contribution in [3.8, 4) is 0 Å². The predicted molar refractivity (Wildman–Crippen MR) is 117 cm³/mol. The molecule has 150 valence electrons. The number of ketones is 1. The van der Waals surface area contributed by atoms with E-state index in [1.54, 1.807) is 24.3 Å². The highest BCUT2D eigenvalue weighted by Gasteiger charge is 2.58. The third kappa shape index (κ3) is 2.40. The standard InChI is InChI=1S/C26H18N2O3/c29-24-19(15-9-3-1-4-10-15)21-22(20-17-13-7-8-14-18(17)27-23(20)24)26(31)28(25(21)30)16-11-5-2-6-12-16/h1-14,19,21-22,27H/t19-,21+,22-/m0/s1. The molecule has 0 spiro atoms. The number of hydrogen-bond donors (Lipinski definition) is 1. The number of carbonyl (C=O) groups is 3. The van der Waals surface area contributed by atoms with Gasteiger partial charge in [-0.05, 0) is 23.8 Å². The molecule has 3 aromatic carbocycles. The lowest BCUT2D eigenvalue weighted by Gasteiger charge is -2.30. The molecular formula is C26H18N2O3. The van der Waals surface area contributed by atoms with E-state index in [9.17, 15) is 14.4 Å². The Hall–Kier alpha value is -3.99. The molecular weight excluding hydrogens is 388 g/mol. The third-order valence-corrected chi connectivity index (χ3v) is 6.47. The van der Waals surface area contributed by atoms with Gasteiger partial charge in [-0.2, -0.15) is 0 Å². The van der Waals surface area contributed by atoms with E-state index in [2.05, 4.69) is 4.98 Å². The number of rotatable bonds is 2. The van der Waals surface area contributed by atoms with Gasteiger partial charge in [0.05, 0.1) is 29.1 Å². The van der Waals surface area contributed by atoms with Crippen molar-refractivity contribution >= 4 is 34.2 Å². The van der Waals surface area contributed by atoms with Gasteiger partial charge in [0.25, 0.3) is 0 Å². The van der Waals surface area contributed by atoms with Gasteiger partial charge in [-0.3, -0.25) is 14.4 Å². The maximum Gasteiger partial charge on any atom is 0.242 e. The molecule has 1 aliphatic heterocycles. The predicted octanol–water partition coefficient (Wildman–Crippen LogP) is 4.42. The number of imide groups is 1. The quantitative estimate of drug-likeness (QED) is 0.501. The van der Waals surface area contributed by atoms with Crippen LogP contribution in [-0.2, 0) is 9.59 Å². The number of amides is 2. The van der Waals surface area contributed by atoms with Crippen molar-refractivity contribution in [2.45, 2.75) is 11.8 Å². The smallest absolute Gasteiger partial charge is 0.242 e. The van der Waals surface area contributed by atoms with Gasteiger partial charge in [0.15, 0.2) is 5.78 Å². The first-order chi connectivity index (χ1) is 15.2. The number of nitrogens with one attached hydrogen (secondary N) is 1. The lowest BCUT2D eigenvalue weighted by molar-refractivity contribution is -0.122. The number of nitrogens with zero attached hydrogens (tertiary/aromatic N) is 1. The van der Waals surface area contributed by atoms with Gasteiger partial charge in [-0.1, -0.05) is 66.7 Å². The second kappa shape index (κ2) is 6.51. The van der Waals surface area contributed by atoms with Crippen molar-refractivity contribution in [3.63, 3.8) is 0 Å². The molecule has 2 aliphatic rings. The monoisotopic (exact) mass is 406 g/mol. The minimum Gasteiger partial charge on any atom is -0.352 e. The van der Waals surface area contributed by atoms with Crippen LogP contribution in [0, 0.1) is 5.92 Å². The average Bonchev–Trinajstić information content (AvgIpc) is 3.31. The highest BCUT2D eigenvalue weighted by molar-refractivity contribution is 6.28. The summed E-state index contributed by atoms with van der Waals surface area (Å²) in [6.07, 6.45) is 0. The first-order valence-electron chi connectivity index (χ1n) is 10.3. The molecule has 31 heavy (non-hydrogen) atoms. The van der Waals surface area contributed by atoms with Crippen LogP contribution in [0.5, 0.6) is 0 Å². The second-order valence-corrected chi connectivity index (χ2v) is 8.06. The number of H-pyrrole nitrogens is 1. The molecule has 1 N–H and O–H groups in total. The fourth-order valence-electron chi connectivity index (χ4n) is 5.18. The average molecular weight is 406 g/mol. The van der Waals surface area contributed by atoms with E-state index >= 15 is 0 Å². The molecule has 1 saturated heterocycles. The Balaban J connectivity index is 1.62. The maximum absolute atomic E-state index is 13.7. The summed E-state index contributed by atoms with van der Waals surface area (Å²) in [6.45, 7) is 0. The van der Waals surface area contributed by atoms with Crippen LogP contribution in [0.3, 0.4) is 0 Å². The number of benzene rings is 3. The Kier molecular flexibility index (Phi) is 3.74. The van der Waals surface area contributed by atoms with Crippen molar-refractivity contribution < 1.29 is 14.4 Å². The number of hydrogen-bond acceptors (Lipinski definition) is 3. The summed E-state index contributed by atoms with van der Waals surface area (Å²) >= 11 is 0. The zero-order valence-electron chi connectivity index (χ0n) is 16.5. The van der Waals surface area contributed by atoms with Crippen LogP contribution in [0.25, 0.3) is 10.9 Å². The summed E-state index contributed by atoms with van der Waals surface area (Å²) in [6, 6.07) is 25.8. The number of Topliss-reactive ketones (excluding diaryl/α,β-unsaturated/α-hetero) is 1. The number of para-hydroxylation sites is 2. The topological polar surface area (TPSA) is 70.2 Å². The minimum atomic E-state index is -0.769. The highest BCUT2D eigenvalue weighted by Crippen LogP contribution is 2.52. The molecule has 5 nitrogen and oxygen atoms in total. The van der Waals surface area contributed by atoms with Crippen molar-refractivity contribution in [3.05, 3.63) is 102 Å². The molecule has 0 radical (unpaired) electrons. The van der Waals surface area contributed by atoms with Gasteiger partial charge in [0, 0.05) is 16.5 Å². The Morgan fingerprint density at radius 2 is 1.32 bits per heavy atom. The van der Waals surface area contributed by atoms with E-state index in [4.69, 9.17) is 0 Å². The van der Waals surface area contributed by atoms with Crippen LogP contribution in [0.4, 0.5) is 5.69 Å². The summed E-state index contributed by atoms with van der Waals surface area (Å²) in [7, 11) is 0. The number of anilines is 1. The molecule has 5 heteroatoms. The molecule has 0 unspecified atom stereocenters. The summed E-state index contributed by atoms with van der Waals surface area (Å²) < 4.78 is 0. The Morgan fingerprint density at radius 3 is 2.06 bits per heavy atom. The molecule has 4 aromatic rings. The normalized spacial score (nSPS) is 22.6. The van der Waals surface area contributed by atoms with E-state index in [0.717, 1.165) is 16.5 Å². The molecule has 6 rings (SSSR count). The minimum absolute atomic E-state index is 0.144. The second-order valence-electron chi connectivity index (χ2n) is 8.06. The Morgan fingerprint density at radius 1 is 0.677 bits per heavy atom. The van der Waals surface area contributed by atoms with E-state index in [1.165, 1.54) is 4.90 Å². The molecule has 1 aromatic heterocycles. The number of aromatic nitrogens is 1. The van der Waals surface area contributed by atoms with Crippen molar-refractivity contribution in [1.29, 1.82) is 0 Å². The van der Waals surface area contributed by atoms with Gasteiger partial charge in [-0.25, -0.2) is 4.90 Å². The van der Waals surface area contributed by atoms with Gasteiger partial charge in [0.2, 0.25) is 11.8 Å². The summed E-state index contributed by atoms with van der Waals surface area (Å²) in [5, 5.41) is 0.823. The zero-order chi connectivity index (χ0) is 21.1. The maximum atomic E-state index is 13.7. The van der Waals surface area contributed by atoms with Crippen LogP contribution in [0.1, 0.15) is 33.5 Å². The first-order valence-corrected chi connectivity index (χ1v) is 10.3. The molecule has 2 amide bonds. The van der Waals surface area contributed by atoms with Crippen molar-refractivity contribution in [2.75, 3.05) is 4.90 Å². The van der Waals surface area contributed by atoms with Gasteiger partial charge in [0.1, 0.15) is 0 Å². The Labute approximate surface area is 178 Å². The van der Waals surface area contributed by atoms with E-state index in [1.807, 2.05) is 60.7 Å².